The molecule has 0 spiro atoms. The van der Waals surface area contributed by atoms with Gasteiger partial charge in [-0.1, -0.05) is 12.1 Å². The molecule has 0 aromatic heterocycles. The zero-order chi connectivity index (χ0) is 10.7. The minimum Gasteiger partial charge on any atom is -0.294 e. The number of unbranched alkanes of at least 4 members (excludes halogenated alkanes) is 1. The summed E-state index contributed by atoms with van der Waals surface area (Å²) in [6, 6.07) is 8.27. The zero-order valence-corrected chi connectivity index (χ0v) is 8.62. The van der Waals surface area contributed by atoms with Crippen LogP contribution in [0.1, 0.15) is 40.7 Å². The fraction of sp³-hybridized carbons (Fsp3) is 0.385. The van der Waals surface area contributed by atoms with Crippen LogP contribution < -0.4 is 0 Å². The van der Waals surface area contributed by atoms with Gasteiger partial charge in [0.2, 0.25) is 0 Å². The summed E-state index contributed by atoms with van der Waals surface area (Å²) < 4.78 is 0. The summed E-state index contributed by atoms with van der Waals surface area (Å²) in [6.07, 6.45) is 3.92. The molecule has 1 aromatic rings. The van der Waals surface area contributed by atoms with E-state index in [0.29, 0.717) is 12.8 Å². The van der Waals surface area contributed by atoms with Crippen molar-refractivity contribution in [3.8, 4) is 6.07 Å². The fourth-order valence-corrected chi connectivity index (χ4v) is 2.01. The highest BCUT2D eigenvalue weighted by Crippen LogP contribution is 2.23. The van der Waals surface area contributed by atoms with Gasteiger partial charge in [0.25, 0.3) is 0 Å². The first-order valence-corrected chi connectivity index (χ1v) is 5.33. The Kier molecular flexibility index (Phi) is 2.82. The average Bonchev–Trinajstić information content (AvgIpc) is 2.61. The molecule has 2 rings (SSSR count). The van der Waals surface area contributed by atoms with Gasteiger partial charge >= 0.3 is 0 Å². The van der Waals surface area contributed by atoms with Gasteiger partial charge in [0, 0.05) is 18.4 Å². The van der Waals surface area contributed by atoms with Gasteiger partial charge in [0.05, 0.1) is 6.07 Å². The zero-order valence-electron chi connectivity index (χ0n) is 8.62. The number of carbonyl (C=O) groups excluding carboxylic acids is 1. The molecule has 0 radical (unpaired) electrons. The highest BCUT2D eigenvalue weighted by molar-refractivity contribution is 6.00. The van der Waals surface area contributed by atoms with Crippen LogP contribution in [-0.4, -0.2) is 5.78 Å². The minimum atomic E-state index is 0.270. The number of hydrogen-bond acceptors (Lipinski definition) is 2. The molecule has 2 heteroatoms. The van der Waals surface area contributed by atoms with E-state index in [0.717, 1.165) is 24.8 Å². The molecular weight excluding hydrogens is 186 g/mol. The number of benzene rings is 1. The predicted molar refractivity (Wildman–Crippen MR) is 57.6 cm³/mol. The molecule has 0 saturated heterocycles. The summed E-state index contributed by atoms with van der Waals surface area (Å²) in [5, 5.41) is 8.44. The smallest absolute Gasteiger partial charge is 0.163 e. The van der Waals surface area contributed by atoms with Gasteiger partial charge in [0.15, 0.2) is 5.78 Å². The van der Waals surface area contributed by atoms with Gasteiger partial charge in [-0.15, -0.1) is 0 Å². The normalized spacial score (nSPS) is 13.7. The van der Waals surface area contributed by atoms with Crippen LogP contribution in [0.15, 0.2) is 18.2 Å². The molecule has 0 unspecified atom stereocenters. The van der Waals surface area contributed by atoms with Gasteiger partial charge in [-0.05, 0) is 36.5 Å². The van der Waals surface area contributed by atoms with Gasteiger partial charge < -0.3 is 0 Å². The molecule has 0 atom stereocenters. The Bertz CT molecular complexity index is 429. The molecule has 0 fully saturated rings. The topological polar surface area (TPSA) is 40.9 Å². The SMILES string of the molecule is N#CCCCc1ccc2c(c1)C(=O)CC2. The minimum absolute atomic E-state index is 0.270. The lowest BCUT2D eigenvalue weighted by molar-refractivity contribution is 0.0994. The van der Waals surface area contributed by atoms with Crippen molar-refractivity contribution in [2.45, 2.75) is 32.1 Å². The van der Waals surface area contributed by atoms with Crippen molar-refractivity contribution in [3.63, 3.8) is 0 Å². The van der Waals surface area contributed by atoms with Gasteiger partial charge in [-0.25, -0.2) is 0 Å². The Balaban J connectivity index is 2.12. The van der Waals surface area contributed by atoms with E-state index in [1.54, 1.807) is 0 Å². The van der Waals surface area contributed by atoms with Crippen LogP contribution in [0.25, 0.3) is 0 Å². The molecule has 0 saturated carbocycles. The van der Waals surface area contributed by atoms with Crippen molar-refractivity contribution in [2.75, 3.05) is 0 Å². The van der Waals surface area contributed by atoms with Crippen LogP contribution in [0.5, 0.6) is 0 Å². The lowest BCUT2D eigenvalue weighted by atomic mass is 10.0. The van der Waals surface area contributed by atoms with E-state index in [9.17, 15) is 4.79 Å². The maximum atomic E-state index is 11.5. The molecule has 0 heterocycles. The molecular formula is C13H13NO. The molecule has 0 N–H and O–H groups in total. The molecule has 0 amide bonds. The van der Waals surface area contributed by atoms with Crippen molar-refractivity contribution in [1.29, 1.82) is 5.26 Å². The Morgan fingerprint density at radius 1 is 1.33 bits per heavy atom. The summed E-state index contributed by atoms with van der Waals surface area (Å²) in [6.45, 7) is 0. The lowest BCUT2D eigenvalue weighted by Crippen LogP contribution is -1.94. The van der Waals surface area contributed by atoms with E-state index in [2.05, 4.69) is 18.2 Å². The third-order valence-electron chi connectivity index (χ3n) is 2.85. The second-order valence-electron chi connectivity index (χ2n) is 3.93. The average molecular weight is 199 g/mol. The molecule has 0 aliphatic heterocycles. The highest BCUT2D eigenvalue weighted by atomic mass is 16.1. The standard InChI is InChI=1S/C13H13NO/c14-8-2-1-3-10-4-5-11-6-7-13(15)12(11)9-10/h4-5,9H,1-3,6-7H2. The molecule has 2 nitrogen and oxygen atoms in total. The monoisotopic (exact) mass is 199 g/mol. The third-order valence-corrected chi connectivity index (χ3v) is 2.85. The quantitative estimate of drug-likeness (QED) is 0.702. The summed E-state index contributed by atoms with van der Waals surface area (Å²) in [4.78, 5) is 11.5. The van der Waals surface area contributed by atoms with Crippen molar-refractivity contribution < 1.29 is 4.79 Å². The predicted octanol–water partition coefficient (Wildman–Crippen LogP) is 2.66. The van der Waals surface area contributed by atoms with Gasteiger partial charge in [0.1, 0.15) is 0 Å². The first-order valence-electron chi connectivity index (χ1n) is 5.33. The third kappa shape index (κ3) is 2.07. The van der Waals surface area contributed by atoms with Crippen LogP contribution in [-0.2, 0) is 12.8 Å². The number of Topliss-reactive ketones (excluding diaryl/α,β-unsaturated/α-hetero) is 1. The van der Waals surface area contributed by atoms with E-state index >= 15 is 0 Å². The molecule has 1 aromatic carbocycles. The first kappa shape index (κ1) is 9.92. The summed E-state index contributed by atoms with van der Waals surface area (Å²) in [5.74, 6) is 0.270. The molecule has 1 aliphatic carbocycles. The van der Waals surface area contributed by atoms with E-state index < -0.39 is 0 Å². The second-order valence-corrected chi connectivity index (χ2v) is 3.93. The number of ketones is 1. The first-order chi connectivity index (χ1) is 7.31. The maximum absolute atomic E-state index is 11.5. The molecule has 0 bridgehead atoms. The summed E-state index contributed by atoms with van der Waals surface area (Å²) in [7, 11) is 0. The Hall–Kier alpha value is -1.62. The van der Waals surface area contributed by atoms with Crippen LogP contribution in [0, 0.1) is 11.3 Å². The number of aryl methyl sites for hydroxylation is 2. The van der Waals surface area contributed by atoms with E-state index in [1.165, 1.54) is 11.1 Å². The number of nitriles is 1. The number of nitrogens with zero attached hydrogens (tertiary/aromatic N) is 1. The Morgan fingerprint density at radius 3 is 3.00 bits per heavy atom. The van der Waals surface area contributed by atoms with E-state index in [1.807, 2.05) is 6.07 Å². The van der Waals surface area contributed by atoms with Crippen LogP contribution in [0.4, 0.5) is 0 Å². The van der Waals surface area contributed by atoms with Crippen LogP contribution in [0.3, 0.4) is 0 Å². The summed E-state index contributed by atoms with van der Waals surface area (Å²) in [5.41, 5.74) is 3.27. The highest BCUT2D eigenvalue weighted by Gasteiger charge is 2.18. The number of hydrogen-bond donors (Lipinski definition) is 0. The molecule has 1 aliphatic rings. The largest absolute Gasteiger partial charge is 0.294 e. The number of carbonyl (C=O) groups is 1. The van der Waals surface area contributed by atoms with Crippen molar-refractivity contribution in [3.05, 3.63) is 34.9 Å². The van der Waals surface area contributed by atoms with Crippen molar-refractivity contribution in [1.82, 2.24) is 0 Å². The number of fused-ring (bicyclic) bond motifs is 1. The Labute approximate surface area is 89.5 Å². The molecule has 76 valence electrons. The van der Waals surface area contributed by atoms with Crippen LogP contribution >= 0.6 is 0 Å². The van der Waals surface area contributed by atoms with E-state index in [-0.39, 0.29) is 5.78 Å². The Morgan fingerprint density at radius 2 is 2.20 bits per heavy atom. The lowest BCUT2D eigenvalue weighted by Gasteiger charge is -2.02. The van der Waals surface area contributed by atoms with Gasteiger partial charge in [-0.3, -0.25) is 4.79 Å². The molecule has 15 heavy (non-hydrogen) atoms. The van der Waals surface area contributed by atoms with Crippen LogP contribution in [0.2, 0.25) is 0 Å². The number of rotatable bonds is 3. The van der Waals surface area contributed by atoms with Crippen molar-refractivity contribution >= 4 is 5.78 Å². The van der Waals surface area contributed by atoms with Gasteiger partial charge in [-0.2, -0.15) is 5.26 Å². The maximum Gasteiger partial charge on any atom is 0.163 e. The second kappa shape index (κ2) is 4.27. The summed E-state index contributed by atoms with van der Waals surface area (Å²) >= 11 is 0. The van der Waals surface area contributed by atoms with E-state index in [4.69, 9.17) is 5.26 Å². The fourth-order valence-electron chi connectivity index (χ4n) is 2.01. The van der Waals surface area contributed by atoms with Crippen molar-refractivity contribution in [2.24, 2.45) is 0 Å².